The molecule has 2 atom stereocenters. The highest BCUT2D eigenvalue weighted by Gasteiger charge is 2.24. The molecule has 2 rings (SSSR count). The number of ether oxygens (including phenoxy) is 1. The zero-order valence-electron chi connectivity index (χ0n) is 11.2. The first kappa shape index (κ1) is 17.2. The van der Waals surface area contributed by atoms with Crippen molar-refractivity contribution in [2.24, 2.45) is 5.92 Å². The summed E-state index contributed by atoms with van der Waals surface area (Å²) in [5, 5.41) is 4.58. The third kappa shape index (κ3) is 4.89. The van der Waals surface area contributed by atoms with Crippen LogP contribution in [-0.4, -0.2) is 25.8 Å². The van der Waals surface area contributed by atoms with Crippen LogP contribution in [-0.2, 0) is 14.3 Å². The van der Waals surface area contributed by atoms with Crippen LogP contribution in [0.1, 0.15) is 25.0 Å². The maximum Gasteiger partial charge on any atom is 0.373 e. The molecular formula is C14H17Cl2NO3. The number of rotatable bonds is 2. The van der Waals surface area contributed by atoms with Crippen LogP contribution < -0.4 is 5.32 Å². The van der Waals surface area contributed by atoms with Crippen LogP contribution >= 0.6 is 23.2 Å². The highest BCUT2D eigenvalue weighted by atomic mass is 35.5. The van der Waals surface area contributed by atoms with Gasteiger partial charge in [-0.15, -0.1) is 0 Å². The molecule has 0 unspecified atom stereocenters. The average molecular weight is 318 g/mol. The van der Waals surface area contributed by atoms with Gasteiger partial charge < -0.3 is 10.1 Å². The fourth-order valence-corrected chi connectivity index (χ4v) is 2.51. The lowest BCUT2D eigenvalue weighted by Gasteiger charge is -2.24. The van der Waals surface area contributed by atoms with Crippen molar-refractivity contribution in [2.75, 3.05) is 19.7 Å². The van der Waals surface area contributed by atoms with Crippen molar-refractivity contribution in [1.29, 1.82) is 0 Å². The van der Waals surface area contributed by atoms with Gasteiger partial charge in [-0.25, -0.2) is 0 Å². The van der Waals surface area contributed by atoms with E-state index in [2.05, 4.69) is 12.2 Å². The molecule has 0 aliphatic carbocycles. The Balaban J connectivity index is 0.000000612. The molecule has 0 radical (unpaired) electrons. The average Bonchev–Trinajstić information content (AvgIpc) is 2.68. The number of halogens is 2. The quantitative estimate of drug-likeness (QED) is 0.910. The van der Waals surface area contributed by atoms with Crippen molar-refractivity contribution in [3.63, 3.8) is 0 Å². The molecule has 4 nitrogen and oxygen atoms in total. The summed E-state index contributed by atoms with van der Waals surface area (Å²) in [6.45, 7) is 4.82. The normalized spacial score (nSPS) is 22.1. The topological polar surface area (TPSA) is 55.4 Å². The van der Waals surface area contributed by atoms with E-state index in [1.54, 1.807) is 0 Å². The summed E-state index contributed by atoms with van der Waals surface area (Å²) < 4.78 is 5.92. The Morgan fingerprint density at radius 2 is 2.05 bits per heavy atom. The van der Waals surface area contributed by atoms with Gasteiger partial charge in [0.2, 0.25) is 0 Å². The zero-order valence-corrected chi connectivity index (χ0v) is 12.7. The molecular weight excluding hydrogens is 301 g/mol. The lowest BCUT2D eigenvalue weighted by atomic mass is 9.93. The Kier molecular flexibility index (Phi) is 7.82. The molecule has 0 bridgehead atoms. The highest BCUT2D eigenvalue weighted by Crippen LogP contribution is 2.33. The third-order valence-electron chi connectivity index (χ3n) is 3.21. The van der Waals surface area contributed by atoms with Gasteiger partial charge >= 0.3 is 6.15 Å². The molecule has 0 aromatic heterocycles. The van der Waals surface area contributed by atoms with Gasteiger partial charge in [0.1, 0.15) is 0 Å². The molecule has 1 aliphatic rings. The first-order chi connectivity index (χ1) is 9.63. The van der Waals surface area contributed by atoms with E-state index in [0.29, 0.717) is 16.0 Å². The number of carbonyl (C=O) groups excluding carboxylic acids is 2. The molecule has 1 aromatic carbocycles. The van der Waals surface area contributed by atoms with E-state index < -0.39 is 0 Å². The first-order valence-electron chi connectivity index (χ1n) is 6.40. The molecule has 1 heterocycles. The van der Waals surface area contributed by atoms with E-state index in [-0.39, 0.29) is 12.3 Å². The number of nitrogens with one attached hydrogen (secondary N) is 1. The second kappa shape index (κ2) is 9.11. The van der Waals surface area contributed by atoms with E-state index in [9.17, 15) is 0 Å². The van der Waals surface area contributed by atoms with Crippen LogP contribution in [0.25, 0.3) is 0 Å². The Bertz CT molecular complexity index is 462. The lowest BCUT2D eigenvalue weighted by Crippen LogP contribution is -2.23. The van der Waals surface area contributed by atoms with E-state index in [1.807, 2.05) is 18.2 Å². The fourth-order valence-electron chi connectivity index (χ4n) is 2.20. The Morgan fingerprint density at radius 3 is 2.65 bits per heavy atom. The highest BCUT2D eigenvalue weighted by molar-refractivity contribution is 6.42. The van der Waals surface area contributed by atoms with Crippen molar-refractivity contribution in [3.8, 4) is 0 Å². The van der Waals surface area contributed by atoms with Crippen molar-refractivity contribution in [3.05, 3.63) is 33.8 Å². The van der Waals surface area contributed by atoms with Gasteiger partial charge in [0, 0.05) is 19.0 Å². The summed E-state index contributed by atoms with van der Waals surface area (Å²) in [6, 6.07) is 5.77. The molecule has 0 amide bonds. The summed E-state index contributed by atoms with van der Waals surface area (Å²) >= 11 is 12.0. The van der Waals surface area contributed by atoms with Crippen LogP contribution in [0.5, 0.6) is 0 Å². The van der Waals surface area contributed by atoms with Crippen molar-refractivity contribution < 1.29 is 14.3 Å². The second-order valence-electron chi connectivity index (χ2n) is 4.42. The molecule has 1 saturated heterocycles. The predicted molar refractivity (Wildman–Crippen MR) is 76.8 cm³/mol. The standard InChI is InChI=1S/C13H17Cl2NO.CO2/c1-2-9-8-16-5-6-17-13(9)10-3-4-11(14)12(15)7-10;2-1-3/h3-4,7,9,13,16H,2,5-6,8H2,1H3;/t9-,13-;/m1./s1. The summed E-state index contributed by atoms with van der Waals surface area (Å²) in [5.41, 5.74) is 1.12. The van der Waals surface area contributed by atoms with Gasteiger partial charge in [0.25, 0.3) is 0 Å². The molecule has 0 spiro atoms. The van der Waals surface area contributed by atoms with Gasteiger partial charge in [0.15, 0.2) is 0 Å². The Hall–Kier alpha value is -0.900. The third-order valence-corrected chi connectivity index (χ3v) is 3.95. The monoisotopic (exact) mass is 317 g/mol. The summed E-state index contributed by atoms with van der Waals surface area (Å²) in [6.07, 6.45) is 1.45. The van der Waals surface area contributed by atoms with Crippen LogP contribution in [0.2, 0.25) is 10.0 Å². The summed E-state index contributed by atoms with van der Waals surface area (Å²) in [5.74, 6) is 0.481. The molecule has 20 heavy (non-hydrogen) atoms. The molecule has 6 heteroatoms. The van der Waals surface area contributed by atoms with Crippen molar-refractivity contribution in [2.45, 2.75) is 19.4 Å². The molecule has 110 valence electrons. The van der Waals surface area contributed by atoms with Gasteiger partial charge in [-0.2, -0.15) is 9.59 Å². The molecule has 1 fully saturated rings. The maximum absolute atomic E-state index is 8.12. The van der Waals surface area contributed by atoms with Crippen LogP contribution in [0, 0.1) is 5.92 Å². The molecule has 0 saturated carbocycles. The Morgan fingerprint density at radius 1 is 1.35 bits per heavy atom. The minimum absolute atomic E-state index is 0.116. The molecule has 1 aromatic rings. The van der Waals surface area contributed by atoms with Crippen LogP contribution in [0.4, 0.5) is 0 Å². The smallest absolute Gasteiger partial charge is 0.372 e. The minimum atomic E-state index is 0.116. The van der Waals surface area contributed by atoms with Crippen LogP contribution in [0.15, 0.2) is 18.2 Å². The van der Waals surface area contributed by atoms with Crippen molar-refractivity contribution >= 4 is 29.4 Å². The first-order valence-corrected chi connectivity index (χ1v) is 7.16. The van der Waals surface area contributed by atoms with Gasteiger partial charge in [-0.3, -0.25) is 0 Å². The van der Waals surface area contributed by atoms with E-state index in [4.69, 9.17) is 37.5 Å². The Labute approximate surface area is 128 Å². The zero-order chi connectivity index (χ0) is 15.0. The molecule has 1 aliphatic heterocycles. The SMILES string of the molecule is CC[C@@H]1CNCCO[C@H]1c1ccc(Cl)c(Cl)c1.O=C=O. The lowest BCUT2D eigenvalue weighted by molar-refractivity contribution is -0.191. The second-order valence-corrected chi connectivity index (χ2v) is 5.24. The minimum Gasteiger partial charge on any atom is -0.372 e. The van der Waals surface area contributed by atoms with Gasteiger partial charge in [-0.05, 0) is 24.1 Å². The summed E-state index contributed by atoms with van der Waals surface area (Å²) in [7, 11) is 0. The van der Waals surface area contributed by atoms with Gasteiger partial charge in [0.05, 0.1) is 22.8 Å². The van der Waals surface area contributed by atoms with Crippen molar-refractivity contribution in [1.82, 2.24) is 5.32 Å². The van der Waals surface area contributed by atoms with E-state index >= 15 is 0 Å². The van der Waals surface area contributed by atoms with Crippen LogP contribution in [0.3, 0.4) is 0 Å². The maximum atomic E-state index is 8.12. The largest absolute Gasteiger partial charge is 0.373 e. The number of hydrogen-bond donors (Lipinski definition) is 1. The fraction of sp³-hybridized carbons (Fsp3) is 0.500. The predicted octanol–water partition coefficient (Wildman–Crippen LogP) is 3.10. The van der Waals surface area contributed by atoms with Gasteiger partial charge in [-0.1, -0.05) is 36.2 Å². The molecule has 1 N–H and O–H groups in total. The number of hydrogen-bond acceptors (Lipinski definition) is 4. The van der Waals surface area contributed by atoms with E-state index in [0.717, 1.165) is 31.7 Å². The van der Waals surface area contributed by atoms with E-state index in [1.165, 1.54) is 0 Å². The number of benzene rings is 1. The summed E-state index contributed by atoms with van der Waals surface area (Å²) in [4.78, 5) is 16.2.